The maximum atomic E-state index is 8.55. The molecule has 1 N–H and O–H groups in total. The smallest absolute Gasteiger partial charge is 0.0754 e. The van der Waals surface area contributed by atoms with Gasteiger partial charge in [-0.2, -0.15) is 0 Å². The molecule has 0 radical (unpaired) electrons. The van der Waals surface area contributed by atoms with Crippen molar-refractivity contribution in [3.05, 3.63) is 12.2 Å². The van der Waals surface area contributed by atoms with Gasteiger partial charge in [-0.1, -0.05) is 18.4 Å². The molecule has 0 unspecified atom stereocenters. The monoisotopic (exact) mass is 162 g/mol. The first kappa shape index (κ1) is 10.8. The van der Waals surface area contributed by atoms with E-state index in [4.69, 9.17) is 11.5 Å². The molecule has 64 valence electrons. The van der Waals surface area contributed by atoms with Gasteiger partial charge in [-0.3, -0.25) is 0 Å². The van der Waals surface area contributed by atoms with Crippen molar-refractivity contribution < 1.29 is 5.11 Å². The van der Waals surface area contributed by atoms with Crippen LogP contribution in [0.4, 0.5) is 0 Å². The fraction of sp³-hybridized carbons (Fsp3) is 0.455. The van der Waals surface area contributed by atoms with Gasteiger partial charge in [0, 0.05) is 18.4 Å². The highest BCUT2D eigenvalue weighted by atomic mass is 16.3. The molecule has 0 aromatic rings. The summed E-state index contributed by atoms with van der Waals surface area (Å²) in [4.78, 5) is 0. The summed E-state index contributed by atoms with van der Waals surface area (Å²) in [6, 6.07) is 0. The molecule has 0 fully saturated rings. The first-order valence-corrected chi connectivity index (χ1v) is 4.02. The van der Waals surface area contributed by atoms with Crippen molar-refractivity contribution in [1.29, 1.82) is 0 Å². The molecular formula is C11H14O. The predicted octanol–water partition coefficient (Wildman–Crippen LogP) is 1.73. The maximum Gasteiger partial charge on any atom is 0.0754 e. The summed E-state index contributed by atoms with van der Waals surface area (Å²) in [5.41, 5.74) is 0.576. The van der Waals surface area contributed by atoms with Crippen LogP contribution in [0.2, 0.25) is 0 Å². The van der Waals surface area contributed by atoms with Gasteiger partial charge in [0.15, 0.2) is 0 Å². The molecule has 1 nitrogen and oxygen atoms in total. The van der Waals surface area contributed by atoms with Gasteiger partial charge in [0.2, 0.25) is 0 Å². The zero-order valence-corrected chi connectivity index (χ0v) is 7.27. The summed E-state index contributed by atoms with van der Waals surface area (Å²) in [7, 11) is 0. The van der Waals surface area contributed by atoms with E-state index in [1.54, 1.807) is 0 Å². The number of terminal acetylenes is 1. The standard InChI is InChI=1S/C11H14O/c1-3-4-5-6-7-8-9-11(2)10-12/h1,12H,2,4-7,10H2. The van der Waals surface area contributed by atoms with E-state index in [9.17, 15) is 0 Å². The molecule has 0 saturated carbocycles. The van der Waals surface area contributed by atoms with Crippen LogP contribution in [0.1, 0.15) is 25.7 Å². The van der Waals surface area contributed by atoms with Crippen LogP contribution < -0.4 is 0 Å². The highest BCUT2D eigenvalue weighted by molar-refractivity contribution is 5.25. The number of hydrogen-bond donors (Lipinski definition) is 1. The van der Waals surface area contributed by atoms with Gasteiger partial charge in [-0.15, -0.1) is 12.3 Å². The summed E-state index contributed by atoms with van der Waals surface area (Å²) in [5.74, 6) is 8.25. The Balaban J connectivity index is 3.34. The summed E-state index contributed by atoms with van der Waals surface area (Å²) in [5, 5.41) is 8.55. The second kappa shape index (κ2) is 7.92. The van der Waals surface area contributed by atoms with E-state index in [0.717, 1.165) is 25.7 Å². The number of hydrogen-bond acceptors (Lipinski definition) is 1. The Hall–Kier alpha value is -1.18. The summed E-state index contributed by atoms with van der Waals surface area (Å²) < 4.78 is 0. The molecule has 0 aromatic carbocycles. The van der Waals surface area contributed by atoms with Crippen LogP contribution >= 0.6 is 0 Å². The second-order valence-corrected chi connectivity index (χ2v) is 2.47. The second-order valence-electron chi connectivity index (χ2n) is 2.47. The summed E-state index contributed by atoms with van der Waals surface area (Å²) in [6.45, 7) is 3.51. The van der Waals surface area contributed by atoms with E-state index >= 15 is 0 Å². The van der Waals surface area contributed by atoms with Crippen LogP contribution in [0, 0.1) is 24.2 Å². The normalized spacial score (nSPS) is 8.00. The first-order valence-electron chi connectivity index (χ1n) is 4.02. The molecule has 0 atom stereocenters. The van der Waals surface area contributed by atoms with E-state index in [1.165, 1.54) is 0 Å². The van der Waals surface area contributed by atoms with Crippen molar-refractivity contribution in [2.75, 3.05) is 6.61 Å². The molecule has 12 heavy (non-hydrogen) atoms. The van der Waals surface area contributed by atoms with Crippen molar-refractivity contribution in [1.82, 2.24) is 0 Å². The minimum atomic E-state index is -0.0443. The van der Waals surface area contributed by atoms with E-state index in [1.807, 2.05) is 0 Å². The van der Waals surface area contributed by atoms with E-state index in [0.29, 0.717) is 5.57 Å². The predicted molar refractivity (Wildman–Crippen MR) is 51.3 cm³/mol. The molecule has 0 spiro atoms. The molecule has 0 bridgehead atoms. The molecule has 0 aliphatic carbocycles. The summed E-state index contributed by atoms with van der Waals surface area (Å²) >= 11 is 0. The van der Waals surface area contributed by atoms with Crippen molar-refractivity contribution in [2.45, 2.75) is 25.7 Å². The molecule has 0 heterocycles. The lowest BCUT2D eigenvalue weighted by molar-refractivity contribution is 0.336. The van der Waals surface area contributed by atoms with Crippen molar-refractivity contribution >= 4 is 0 Å². The third kappa shape index (κ3) is 6.93. The third-order valence-electron chi connectivity index (χ3n) is 1.33. The quantitative estimate of drug-likeness (QED) is 0.493. The molecule has 0 aliphatic rings. The Bertz CT molecular complexity index is 222. The molecule has 1 heteroatoms. The molecule has 0 rings (SSSR count). The van der Waals surface area contributed by atoms with E-state index in [2.05, 4.69) is 24.3 Å². The average Bonchev–Trinajstić information content (AvgIpc) is 2.10. The van der Waals surface area contributed by atoms with E-state index < -0.39 is 0 Å². The van der Waals surface area contributed by atoms with Gasteiger partial charge >= 0.3 is 0 Å². The zero-order chi connectivity index (χ0) is 9.23. The van der Waals surface area contributed by atoms with Crippen LogP contribution in [-0.4, -0.2) is 11.7 Å². The zero-order valence-electron chi connectivity index (χ0n) is 7.27. The van der Waals surface area contributed by atoms with Crippen molar-refractivity contribution in [3.63, 3.8) is 0 Å². The van der Waals surface area contributed by atoms with E-state index in [-0.39, 0.29) is 6.61 Å². The topological polar surface area (TPSA) is 20.2 Å². The van der Waals surface area contributed by atoms with Gasteiger partial charge in [-0.25, -0.2) is 0 Å². The summed E-state index contributed by atoms with van der Waals surface area (Å²) in [6.07, 6.45) is 8.78. The molecule has 0 aliphatic heterocycles. The Labute approximate surface area is 74.5 Å². The lowest BCUT2D eigenvalue weighted by Crippen LogP contribution is -1.82. The Morgan fingerprint density at radius 3 is 2.58 bits per heavy atom. The minimum Gasteiger partial charge on any atom is -0.391 e. The fourth-order valence-corrected chi connectivity index (χ4v) is 0.667. The highest BCUT2D eigenvalue weighted by Gasteiger charge is 1.83. The van der Waals surface area contributed by atoms with Crippen LogP contribution in [0.25, 0.3) is 0 Å². The largest absolute Gasteiger partial charge is 0.391 e. The SMILES string of the molecule is C#CCCCCC#CC(=C)CO. The fourth-order valence-electron chi connectivity index (χ4n) is 0.667. The molecule has 0 saturated heterocycles. The van der Waals surface area contributed by atoms with Crippen molar-refractivity contribution in [3.8, 4) is 24.2 Å². The van der Waals surface area contributed by atoms with Crippen molar-refractivity contribution in [2.24, 2.45) is 0 Å². The van der Waals surface area contributed by atoms with Gasteiger partial charge in [0.1, 0.15) is 0 Å². The van der Waals surface area contributed by atoms with Crippen LogP contribution in [0.15, 0.2) is 12.2 Å². The number of rotatable bonds is 4. The van der Waals surface area contributed by atoms with Crippen LogP contribution in [-0.2, 0) is 0 Å². The maximum absolute atomic E-state index is 8.55. The van der Waals surface area contributed by atoms with Crippen LogP contribution in [0.5, 0.6) is 0 Å². The number of aliphatic hydroxyl groups is 1. The van der Waals surface area contributed by atoms with Gasteiger partial charge < -0.3 is 5.11 Å². The Morgan fingerprint density at radius 1 is 1.33 bits per heavy atom. The molecule has 0 aromatic heterocycles. The first-order chi connectivity index (χ1) is 5.81. The number of aliphatic hydroxyl groups excluding tert-OH is 1. The number of unbranched alkanes of at least 4 members (excludes halogenated alkanes) is 3. The minimum absolute atomic E-state index is 0.0443. The average molecular weight is 162 g/mol. The third-order valence-corrected chi connectivity index (χ3v) is 1.33. The molecule has 0 amide bonds. The highest BCUT2D eigenvalue weighted by Crippen LogP contribution is 1.97. The molecular weight excluding hydrogens is 148 g/mol. The Morgan fingerprint density at radius 2 is 2.00 bits per heavy atom. The van der Waals surface area contributed by atoms with Gasteiger partial charge in [0.25, 0.3) is 0 Å². The lowest BCUT2D eigenvalue weighted by Gasteiger charge is -1.89. The van der Waals surface area contributed by atoms with Gasteiger partial charge in [0.05, 0.1) is 6.61 Å². The van der Waals surface area contributed by atoms with Crippen LogP contribution in [0.3, 0.4) is 0 Å². The lowest BCUT2D eigenvalue weighted by atomic mass is 10.2. The Kier molecular flexibility index (Phi) is 7.14. The van der Waals surface area contributed by atoms with Gasteiger partial charge in [-0.05, 0) is 12.8 Å².